The first-order valence-corrected chi connectivity index (χ1v) is 9.09. The molecule has 1 N–H and O–H groups in total. The molecule has 1 heteroatoms. The average Bonchev–Trinajstić information content (AvgIpc) is 2.45. The summed E-state index contributed by atoms with van der Waals surface area (Å²) in [6.45, 7) is 11.5. The lowest BCUT2D eigenvalue weighted by Crippen LogP contribution is -2.13. The van der Waals surface area contributed by atoms with E-state index in [0.29, 0.717) is 0 Å². The zero-order valence-electron chi connectivity index (χ0n) is 14.6. The molecule has 0 spiro atoms. The molecular weight excluding hydrogens is 242 g/mol. The largest absolute Gasteiger partial charge is 0.317 e. The summed E-state index contributed by atoms with van der Waals surface area (Å²) >= 11 is 0. The second-order valence-electron chi connectivity index (χ2n) is 6.32. The smallest absolute Gasteiger partial charge is 0.00461 e. The van der Waals surface area contributed by atoms with Crippen molar-refractivity contribution in [3.8, 4) is 0 Å². The normalized spacial score (nSPS) is 14.8. The Morgan fingerprint density at radius 3 is 2.30 bits per heavy atom. The minimum Gasteiger partial charge on any atom is -0.317 e. The Hall–Kier alpha value is -0.300. The SMILES string of the molecule is CCCCCCCC[C@@H](C)C(C)/C=C\CCCNCC. The number of hydrogen-bond acceptors (Lipinski definition) is 1. The van der Waals surface area contributed by atoms with E-state index >= 15 is 0 Å². The van der Waals surface area contributed by atoms with Crippen molar-refractivity contribution in [2.24, 2.45) is 11.8 Å². The summed E-state index contributed by atoms with van der Waals surface area (Å²) in [5.74, 6) is 1.58. The molecule has 0 saturated carbocycles. The predicted octanol–water partition coefficient (Wildman–Crippen LogP) is 5.96. The fraction of sp³-hybridized carbons (Fsp3) is 0.895. The molecule has 120 valence electrons. The van der Waals surface area contributed by atoms with Gasteiger partial charge < -0.3 is 5.32 Å². The van der Waals surface area contributed by atoms with Crippen LogP contribution in [0, 0.1) is 11.8 Å². The Bertz CT molecular complexity index is 210. The first-order chi connectivity index (χ1) is 9.72. The molecular formula is C19H39N. The van der Waals surface area contributed by atoms with Crippen LogP contribution >= 0.6 is 0 Å². The monoisotopic (exact) mass is 281 g/mol. The molecule has 0 aliphatic rings. The van der Waals surface area contributed by atoms with Gasteiger partial charge in [0, 0.05) is 0 Å². The van der Waals surface area contributed by atoms with Crippen molar-refractivity contribution < 1.29 is 0 Å². The molecule has 0 saturated heterocycles. The van der Waals surface area contributed by atoms with Gasteiger partial charge in [-0.2, -0.15) is 0 Å². The van der Waals surface area contributed by atoms with Crippen LogP contribution in [0.2, 0.25) is 0 Å². The fourth-order valence-electron chi connectivity index (χ4n) is 2.53. The molecule has 2 atom stereocenters. The van der Waals surface area contributed by atoms with Crippen LogP contribution < -0.4 is 5.32 Å². The van der Waals surface area contributed by atoms with E-state index in [-0.39, 0.29) is 0 Å². The van der Waals surface area contributed by atoms with E-state index in [1.54, 1.807) is 0 Å². The van der Waals surface area contributed by atoms with Crippen LogP contribution in [0.1, 0.15) is 85.5 Å². The number of nitrogens with one attached hydrogen (secondary N) is 1. The molecule has 0 aromatic rings. The number of allylic oxidation sites excluding steroid dienone is 2. The predicted molar refractivity (Wildman–Crippen MR) is 93.2 cm³/mol. The van der Waals surface area contributed by atoms with Crippen LogP contribution in [0.25, 0.3) is 0 Å². The summed E-state index contributed by atoms with van der Waals surface area (Å²) in [6.07, 6.45) is 17.2. The molecule has 0 rings (SSSR count). The van der Waals surface area contributed by atoms with Crippen LogP contribution in [0.5, 0.6) is 0 Å². The third-order valence-corrected chi connectivity index (χ3v) is 4.32. The van der Waals surface area contributed by atoms with E-state index < -0.39 is 0 Å². The lowest BCUT2D eigenvalue weighted by atomic mass is 9.90. The number of rotatable bonds is 14. The minimum atomic E-state index is 0.741. The van der Waals surface area contributed by atoms with Gasteiger partial charge in [0.1, 0.15) is 0 Å². The first-order valence-electron chi connectivity index (χ1n) is 9.09. The van der Waals surface area contributed by atoms with Crippen molar-refractivity contribution >= 4 is 0 Å². The Morgan fingerprint density at radius 1 is 0.900 bits per heavy atom. The van der Waals surface area contributed by atoms with Gasteiger partial charge in [-0.25, -0.2) is 0 Å². The zero-order valence-corrected chi connectivity index (χ0v) is 14.6. The van der Waals surface area contributed by atoms with E-state index in [2.05, 4.69) is 45.2 Å². The maximum absolute atomic E-state index is 3.37. The van der Waals surface area contributed by atoms with Gasteiger partial charge in [0.05, 0.1) is 0 Å². The van der Waals surface area contributed by atoms with Crippen LogP contribution in [0.4, 0.5) is 0 Å². The van der Waals surface area contributed by atoms with Crippen molar-refractivity contribution in [1.82, 2.24) is 5.32 Å². The highest BCUT2D eigenvalue weighted by Crippen LogP contribution is 2.20. The third-order valence-electron chi connectivity index (χ3n) is 4.32. The number of unbranched alkanes of at least 4 members (excludes halogenated alkanes) is 6. The van der Waals surface area contributed by atoms with Crippen LogP contribution in [-0.4, -0.2) is 13.1 Å². The molecule has 0 heterocycles. The maximum Gasteiger partial charge on any atom is -0.00461 e. The van der Waals surface area contributed by atoms with Crippen LogP contribution in [0.3, 0.4) is 0 Å². The van der Waals surface area contributed by atoms with Crippen molar-refractivity contribution in [2.45, 2.75) is 85.5 Å². The van der Waals surface area contributed by atoms with Crippen LogP contribution in [0.15, 0.2) is 12.2 Å². The number of hydrogen-bond donors (Lipinski definition) is 1. The van der Waals surface area contributed by atoms with Gasteiger partial charge in [0.15, 0.2) is 0 Å². The molecule has 0 aromatic carbocycles. The summed E-state index contributed by atoms with van der Waals surface area (Å²) in [5.41, 5.74) is 0. The summed E-state index contributed by atoms with van der Waals surface area (Å²) in [7, 11) is 0. The summed E-state index contributed by atoms with van der Waals surface area (Å²) < 4.78 is 0. The van der Waals surface area contributed by atoms with Crippen molar-refractivity contribution in [3.05, 3.63) is 12.2 Å². The molecule has 0 radical (unpaired) electrons. The molecule has 1 unspecified atom stereocenters. The van der Waals surface area contributed by atoms with Gasteiger partial charge in [-0.1, -0.05) is 84.8 Å². The van der Waals surface area contributed by atoms with Gasteiger partial charge in [0.25, 0.3) is 0 Å². The molecule has 0 fully saturated rings. The van der Waals surface area contributed by atoms with E-state index in [0.717, 1.165) is 24.9 Å². The topological polar surface area (TPSA) is 12.0 Å². The van der Waals surface area contributed by atoms with Crippen molar-refractivity contribution in [3.63, 3.8) is 0 Å². The average molecular weight is 282 g/mol. The highest BCUT2D eigenvalue weighted by atomic mass is 14.8. The molecule has 0 aliphatic heterocycles. The quantitative estimate of drug-likeness (QED) is 0.306. The molecule has 20 heavy (non-hydrogen) atoms. The molecule has 0 bridgehead atoms. The van der Waals surface area contributed by atoms with Crippen molar-refractivity contribution in [2.75, 3.05) is 13.1 Å². The Balaban J connectivity index is 3.49. The summed E-state index contributed by atoms with van der Waals surface area (Å²) in [4.78, 5) is 0. The van der Waals surface area contributed by atoms with Gasteiger partial charge >= 0.3 is 0 Å². The fourth-order valence-corrected chi connectivity index (χ4v) is 2.53. The van der Waals surface area contributed by atoms with Gasteiger partial charge in [-0.15, -0.1) is 0 Å². The van der Waals surface area contributed by atoms with Crippen LogP contribution in [-0.2, 0) is 0 Å². The van der Waals surface area contributed by atoms with Gasteiger partial charge in [0.2, 0.25) is 0 Å². The van der Waals surface area contributed by atoms with E-state index in [4.69, 9.17) is 0 Å². The molecule has 0 amide bonds. The Morgan fingerprint density at radius 2 is 1.60 bits per heavy atom. The van der Waals surface area contributed by atoms with Crippen molar-refractivity contribution in [1.29, 1.82) is 0 Å². The minimum absolute atomic E-state index is 0.741. The second kappa shape index (κ2) is 15.1. The lowest BCUT2D eigenvalue weighted by Gasteiger charge is -2.16. The molecule has 1 nitrogen and oxygen atoms in total. The van der Waals surface area contributed by atoms with Gasteiger partial charge in [-0.3, -0.25) is 0 Å². The highest BCUT2D eigenvalue weighted by Gasteiger charge is 2.08. The highest BCUT2D eigenvalue weighted by molar-refractivity contribution is 4.88. The first kappa shape index (κ1) is 19.7. The van der Waals surface area contributed by atoms with E-state index in [1.165, 1.54) is 57.8 Å². The van der Waals surface area contributed by atoms with Gasteiger partial charge in [-0.05, 0) is 37.8 Å². The zero-order chi connectivity index (χ0) is 15.1. The summed E-state index contributed by atoms with van der Waals surface area (Å²) in [6, 6.07) is 0. The standard InChI is InChI=1S/C19H39N/c1-5-7-8-9-10-12-15-18(3)19(4)16-13-11-14-17-20-6-2/h13,16,18-20H,5-12,14-15,17H2,1-4H3/b16-13-/t18-,19?/m1/s1. The lowest BCUT2D eigenvalue weighted by molar-refractivity contribution is 0.404. The molecule has 0 aliphatic carbocycles. The molecule has 0 aromatic heterocycles. The van der Waals surface area contributed by atoms with E-state index in [9.17, 15) is 0 Å². The Labute approximate surface area is 128 Å². The van der Waals surface area contributed by atoms with E-state index in [1.807, 2.05) is 0 Å². The Kier molecular flexibility index (Phi) is 14.9. The summed E-state index contributed by atoms with van der Waals surface area (Å²) in [5, 5.41) is 3.37. The second-order valence-corrected chi connectivity index (χ2v) is 6.32. The third kappa shape index (κ3) is 12.7. The maximum atomic E-state index is 3.37.